The number of halogens is 1. The van der Waals surface area contributed by atoms with Crippen LogP contribution >= 0.6 is 11.6 Å². The summed E-state index contributed by atoms with van der Waals surface area (Å²) in [6.07, 6.45) is 1.21. The predicted molar refractivity (Wildman–Crippen MR) is 57.9 cm³/mol. The van der Waals surface area contributed by atoms with E-state index in [0.717, 1.165) is 30.5 Å². The molecule has 1 N–H and O–H groups in total. The van der Waals surface area contributed by atoms with E-state index in [9.17, 15) is 0 Å². The third kappa shape index (κ3) is 2.63. The fraction of sp³-hybridized carbons (Fsp3) is 0.455. The van der Waals surface area contributed by atoms with Crippen LogP contribution in [0.2, 0.25) is 5.02 Å². The highest BCUT2D eigenvalue weighted by molar-refractivity contribution is 6.30. The molecule has 1 aliphatic rings. The lowest BCUT2D eigenvalue weighted by atomic mass is 10.1. The fourth-order valence-electron chi connectivity index (χ4n) is 1.63. The first-order valence-electron chi connectivity index (χ1n) is 4.94. The molecule has 0 spiro atoms. The summed E-state index contributed by atoms with van der Waals surface area (Å²) in [4.78, 5) is 0. The van der Waals surface area contributed by atoms with Crippen molar-refractivity contribution in [3.05, 3.63) is 29.3 Å². The van der Waals surface area contributed by atoms with E-state index in [0.29, 0.717) is 5.92 Å². The van der Waals surface area contributed by atoms with Gasteiger partial charge in [-0.1, -0.05) is 17.7 Å². The summed E-state index contributed by atoms with van der Waals surface area (Å²) in [7, 11) is 0. The molecule has 1 heterocycles. The SMILES string of the molecule is Clc1cccc(OC[C@H]2CCNC2)c1. The molecule has 1 aromatic carbocycles. The first-order chi connectivity index (χ1) is 6.84. The maximum absolute atomic E-state index is 5.85. The number of hydrogen-bond acceptors (Lipinski definition) is 2. The number of ether oxygens (including phenoxy) is 1. The minimum atomic E-state index is 0.647. The van der Waals surface area contributed by atoms with Gasteiger partial charge in [0.25, 0.3) is 0 Å². The molecular formula is C11H14ClNO. The van der Waals surface area contributed by atoms with Crippen molar-refractivity contribution in [2.75, 3.05) is 19.7 Å². The van der Waals surface area contributed by atoms with Gasteiger partial charge in [0.2, 0.25) is 0 Å². The summed E-state index contributed by atoms with van der Waals surface area (Å²) in [5, 5.41) is 4.04. The molecule has 0 aromatic heterocycles. The van der Waals surface area contributed by atoms with Gasteiger partial charge in [0.05, 0.1) is 6.61 Å². The lowest BCUT2D eigenvalue weighted by molar-refractivity contribution is 0.260. The third-order valence-electron chi connectivity index (χ3n) is 2.44. The summed E-state index contributed by atoms with van der Waals surface area (Å²) in [5.41, 5.74) is 0. The molecule has 1 aliphatic heterocycles. The Morgan fingerprint density at radius 2 is 2.43 bits per heavy atom. The van der Waals surface area contributed by atoms with Gasteiger partial charge in [-0.05, 0) is 31.2 Å². The molecule has 3 heteroatoms. The normalized spacial score (nSPS) is 21.1. The number of nitrogens with one attached hydrogen (secondary N) is 1. The Labute approximate surface area is 89.2 Å². The molecule has 1 saturated heterocycles. The zero-order valence-electron chi connectivity index (χ0n) is 8.00. The second kappa shape index (κ2) is 4.67. The van der Waals surface area contributed by atoms with Crippen LogP contribution < -0.4 is 10.1 Å². The summed E-state index contributed by atoms with van der Waals surface area (Å²) in [5.74, 6) is 1.51. The Morgan fingerprint density at radius 1 is 1.50 bits per heavy atom. The highest BCUT2D eigenvalue weighted by Crippen LogP contribution is 2.18. The first-order valence-corrected chi connectivity index (χ1v) is 5.31. The Kier molecular flexibility index (Phi) is 3.27. The number of rotatable bonds is 3. The molecular weight excluding hydrogens is 198 g/mol. The van der Waals surface area contributed by atoms with Crippen LogP contribution in [0.3, 0.4) is 0 Å². The van der Waals surface area contributed by atoms with Gasteiger partial charge in [0.15, 0.2) is 0 Å². The minimum Gasteiger partial charge on any atom is -0.493 e. The molecule has 76 valence electrons. The van der Waals surface area contributed by atoms with Crippen LogP contribution in [0.1, 0.15) is 6.42 Å². The topological polar surface area (TPSA) is 21.3 Å². The zero-order valence-corrected chi connectivity index (χ0v) is 8.76. The molecule has 0 amide bonds. The van der Waals surface area contributed by atoms with Gasteiger partial charge < -0.3 is 10.1 Å². The summed E-state index contributed by atoms with van der Waals surface area (Å²) in [6.45, 7) is 2.97. The smallest absolute Gasteiger partial charge is 0.120 e. The van der Waals surface area contributed by atoms with Crippen molar-refractivity contribution in [1.82, 2.24) is 5.32 Å². The van der Waals surface area contributed by atoms with Crippen LogP contribution in [0.15, 0.2) is 24.3 Å². The van der Waals surface area contributed by atoms with Crippen LogP contribution in [0.25, 0.3) is 0 Å². The molecule has 2 rings (SSSR count). The van der Waals surface area contributed by atoms with E-state index in [1.807, 2.05) is 24.3 Å². The van der Waals surface area contributed by atoms with E-state index < -0.39 is 0 Å². The van der Waals surface area contributed by atoms with Crippen molar-refractivity contribution < 1.29 is 4.74 Å². The Bertz CT molecular complexity index is 297. The van der Waals surface area contributed by atoms with E-state index in [1.54, 1.807) is 0 Å². The Hall–Kier alpha value is -0.730. The van der Waals surface area contributed by atoms with Gasteiger partial charge in [0, 0.05) is 17.5 Å². The Balaban J connectivity index is 1.85. The van der Waals surface area contributed by atoms with E-state index >= 15 is 0 Å². The molecule has 0 unspecified atom stereocenters. The summed E-state index contributed by atoms with van der Waals surface area (Å²) < 4.78 is 5.65. The molecule has 1 atom stereocenters. The zero-order chi connectivity index (χ0) is 9.80. The highest BCUT2D eigenvalue weighted by atomic mass is 35.5. The van der Waals surface area contributed by atoms with E-state index in [4.69, 9.17) is 16.3 Å². The fourth-order valence-corrected chi connectivity index (χ4v) is 1.81. The lowest BCUT2D eigenvalue weighted by Crippen LogP contribution is -2.15. The van der Waals surface area contributed by atoms with Crippen molar-refractivity contribution in [2.24, 2.45) is 5.92 Å². The quantitative estimate of drug-likeness (QED) is 0.829. The average Bonchev–Trinajstić information content (AvgIpc) is 2.67. The van der Waals surface area contributed by atoms with Gasteiger partial charge in [-0.25, -0.2) is 0 Å². The van der Waals surface area contributed by atoms with Gasteiger partial charge >= 0.3 is 0 Å². The number of hydrogen-bond donors (Lipinski definition) is 1. The van der Waals surface area contributed by atoms with Crippen molar-refractivity contribution in [1.29, 1.82) is 0 Å². The molecule has 0 radical (unpaired) electrons. The van der Waals surface area contributed by atoms with E-state index in [-0.39, 0.29) is 0 Å². The molecule has 14 heavy (non-hydrogen) atoms. The molecule has 2 nitrogen and oxygen atoms in total. The molecule has 0 aliphatic carbocycles. The van der Waals surface area contributed by atoms with Crippen molar-refractivity contribution >= 4 is 11.6 Å². The largest absolute Gasteiger partial charge is 0.493 e. The monoisotopic (exact) mass is 211 g/mol. The van der Waals surface area contributed by atoms with Crippen molar-refractivity contribution in [2.45, 2.75) is 6.42 Å². The maximum atomic E-state index is 5.85. The van der Waals surface area contributed by atoms with Crippen molar-refractivity contribution in [3.63, 3.8) is 0 Å². The van der Waals surface area contributed by atoms with Crippen LogP contribution in [-0.2, 0) is 0 Å². The van der Waals surface area contributed by atoms with E-state index in [2.05, 4.69) is 5.32 Å². The predicted octanol–water partition coefficient (Wildman–Crippen LogP) is 2.33. The van der Waals surface area contributed by atoms with E-state index in [1.165, 1.54) is 6.42 Å². The maximum Gasteiger partial charge on any atom is 0.120 e. The molecule has 1 aromatic rings. The van der Waals surface area contributed by atoms with Crippen LogP contribution in [0.5, 0.6) is 5.75 Å². The van der Waals surface area contributed by atoms with Crippen LogP contribution in [-0.4, -0.2) is 19.7 Å². The minimum absolute atomic E-state index is 0.647. The van der Waals surface area contributed by atoms with Gasteiger partial charge in [-0.2, -0.15) is 0 Å². The highest BCUT2D eigenvalue weighted by Gasteiger charge is 2.14. The molecule has 0 saturated carbocycles. The van der Waals surface area contributed by atoms with Crippen molar-refractivity contribution in [3.8, 4) is 5.75 Å². The average molecular weight is 212 g/mol. The van der Waals surface area contributed by atoms with Gasteiger partial charge in [-0.3, -0.25) is 0 Å². The van der Waals surface area contributed by atoms with Gasteiger partial charge in [0.1, 0.15) is 5.75 Å². The van der Waals surface area contributed by atoms with Gasteiger partial charge in [-0.15, -0.1) is 0 Å². The van der Waals surface area contributed by atoms with Crippen LogP contribution in [0, 0.1) is 5.92 Å². The third-order valence-corrected chi connectivity index (χ3v) is 2.68. The summed E-state index contributed by atoms with van der Waals surface area (Å²) >= 11 is 5.85. The second-order valence-corrected chi connectivity index (χ2v) is 4.06. The number of benzene rings is 1. The summed E-state index contributed by atoms with van der Waals surface area (Å²) in [6, 6.07) is 7.55. The molecule has 1 fully saturated rings. The second-order valence-electron chi connectivity index (χ2n) is 3.63. The molecule has 0 bridgehead atoms. The standard InChI is InChI=1S/C11H14ClNO/c12-10-2-1-3-11(6-10)14-8-9-4-5-13-7-9/h1-3,6,9,13H,4-5,7-8H2/t9-/m0/s1. The Morgan fingerprint density at radius 3 is 3.14 bits per heavy atom. The lowest BCUT2D eigenvalue weighted by Gasteiger charge is -2.10. The van der Waals surface area contributed by atoms with Crippen LogP contribution in [0.4, 0.5) is 0 Å². The first kappa shape index (κ1) is 9.81.